The van der Waals surface area contributed by atoms with E-state index in [2.05, 4.69) is 34.0 Å². The molecule has 0 radical (unpaired) electrons. The van der Waals surface area contributed by atoms with Crippen molar-refractivity contribution in [2.45, 2.75) is 20.0 Å². The minimum Gasteiger partial charge on any atom is -0.493 e. The smallest absolute Gasteiger partial charge is 0.249 e. The highest BCUT2D eigenvalue weighted by atomic mass is 35.5. The monoisotopic (exact) mass is 515 g/mol. The summed E-state index contributed by atoms with van der Waals surface area (Å²) in [6.07, 6.45) is 1.08. The molecule has 4 aromatic carbocycles. The molecule has 0 aliphatic rings. The van der Waals surface area contributed by atoms with Gasteiger partial charge >= 0.3 is 0 Å². The number of nitrogens with zero attached hydrogens (tertiary/aromatic N) is 1. The number of methoxy groups -OCH3 is 1. The van der Waals surface area contributed by atoms with Gasteiger partial charge in [-0.15, -0.1) is 0 Å². The lowest BCUT2D eigenvalue weighted by atomic mass is 10.1. The van der Waals surface area contributed by atoms with E-state index in [1.807, 2.05) is 31.2 Å². The number of carbonyl (C=O) groups excluding carboxylic acids is 2. The van der Waals surface area contributed by atoms with Gasteiger partial charge in [0.2, 0.25) is 11.8 Å². The molecule has 188 valence electrons. The van der Waals surface area contributed by atoms with Crippen molar-refractivity contribution >= 4 is 46.1 Å². The number of aryl methyl sites for hydroxylation is 1. The van der Waals surface area contributed by atoms with Crippen molar-refractivity contribution in [3.8, 4) is 11.5 Å². The summed E-state index contributed by atoms with van der Waals surface area (Å²) in [5.41, 5.74) is 5.53. The van der Waals surface area contributed by atoms with Gasteiger partial charge in [0.25, 0.3) is 0 Å². The normalized spacial score (nSPS) is 10.9. The van der Waals surface area contributed by atoms with Gasteiger partial charge in [0.1, 0.15) is 13.0 Å². The molecule has 2 amide bonds. The van der Waals surface area contributed by atoms with Crippen molar-refractivity contribution in [1.82, 2.24) is 5.43 Å². The molecule has 0 saturated carbocycles. The van der Waals surface area contributed by atoms with E-state index in [4.69, 9.17) is 21.1 Å². The quantitative estimate of drug-likeness (QED) is 0.166. The standard InChI is InChI=1S/C29H26ClN3O4/c1-19-10-12-23(15-25(19)30)32-28(34)16-29(35)33-31-17-20-11-13-26(27(14-20)36-2)37-18-22-8-5-7-21-6-3-4-9-24(21)22/h3-15,17H,16,18H2,1-2H3,(H,32,34)(H,33,35). The van der Waals surface area contributed by atoms with Crippen molar-refractivity contribution in [1.29, 1.82) is 0 Å². The number of fused-ring (bicyclic) bond motifs is 1. The molecule has 0 saturated heterocycles. The summed E-state index contributed by atoms with van der Waals surface area (Å²) in [7, 11) is 1.56. The minimum absolute atomic E-state index is 0.382. The Balaban J connectivity index is 1.32. The molecule has 2 N–H and O–H groups in total. The molecule has 0 unspecified atom stereocenters. The van der Waals surface area contributed by atoms with Crippen LogP contribution in [0.15, 0.2) is 84.0 Å². The van der Waals surface area contributed by atoms with Gasteiger partial charge in [0.05, 0.1) is 13.3 Å². The van der Waals surface area contributed by atoms with E-state index in [0.717, 1.165) is 21.9 Å². The summed E-state index contributed by atoms with van der Waals surface area (Å²) in [5.74, 6) is 0.104. The number of benzene rings is 4. The van der Waals surface area contributed by atoms with Gasteiger partial charge < -0.3 is 14.8 Å². The van der Waals surface area contributed by atoms with E-state index in [9.17, 15) is 9.59 Å². The molecule has 4 rings (SSSR count). The van der Waals surface area contributed by atoms with Gasteiger partial charge in [0.15, 0.2) is 11.5 Å². The summed E-state index contributed by atoms with van der Waals surface area (Å²) < 4.78 is 11.5. The van der Waals surface area contributed by atoms with Gasteiger partial charge in [0, 0.05) is 10.7 Å². The van der Waals surface area contributed by atoms with Crippen LogP contribution < -0.4 is 20.2 Å². The van der Waals surface area contributed by atoms with Gasteiger partial charge in [-0.1, -0.05) is 60.1 Å². The van der Waals surface area contributed by atoms with E-state index in [0.29, 0.717) is 34.4 Å². The molecule has 0 spiro atoms. The average Bonchev–Trinajstić information content (AvgIpc) is 2.89. The molecule has 0 heterocycles. The zero-order chi connectivity index (χ0) is 26.2. The fourth-order valence-electron chi connectivity index (χ4n) is 3.70. The fraction of sp³-hybridized carbons (Fsp3) is 0.138. The number of halogens is 1. The molecule has 0 aromatic heterocycles. The zero-order valence-corrected chi connectivity index (χ0v) is 21.2. The number of rotatable bonds is 9. The predicted molar refractivity (Wildman–Crippen MR) is 146 cm³/mol. The third kappa shape index (κ3) is 6.86. The molecule has 7 nitrogen and oxygen atoms in total. The highest BCUT2D eigenvalue weighted by Gasteiger charge is 2.10. The Bertz CT molecular complexity index is 1460. The number of anilines is 1. The molecule has 4 aromatic rings. The number of hydrogen-bond acceptors (Lipinski definition) is 5. The van der Waals surface area contributed by atoms with Gasteiger partial charge in [-0.05, 0) is 64.7 Å². The first-order chi connectivity index (χ1) is 17.9. The highest BCUT2D eigenvalue weighted by molar-refractivity contribution is 6.31. The lowest BCUT2D eigenvalue weighted by Gasteiger charge is -2.12. The summed E-state index contributed by atoms with van der Waals surface area (Å²) in [6, 6.07) is 24.7. The molecule has 37 heavy (non-hydrogen) atoms. The van der Waals surface area contributed by atoms with Gasteiger partial charge in [-0.2, -0.15) is 5.10 Å². The van der Waals surface area contributed by atoms with Gasteiger partial charge in [-0.25, -0.2) is 5.43 Å². The summed E-state index contributed by atoms with van der Waals surface area (Å²) in [6.45, 7) is 2.25. The molecule has 0 bridgehead atoms. The fourth-order valence-corrected chi connectivity index (χ4v) is 3.88. The van der Waals surface area contributed by atoms with Crippen molar-refractivity contribution in [3.63, 3.8) is 0 Å². The highest BCUT2D eigenvalue weighted by Crippen LogP contribution is 2.29. The second kappa shape index (κ2) is 12.1. The molecule has 0 atom stereocenters. The Morgan fingerprint density at radius 2 is 1.76 bits per heavy atom. The summed E-state index contributed by atoms with van der Waals surface area (Å²) >= 11 is 6.06. The van der Waals surface area contributed by atoms with Crippen LogP contribution in [0.3, 0.4) is 0 Å². The lowest BCUT2D eigenvalue weighted by molar-refractivity contribution is -0.126. The largest absolute Gasteiger partial charge is 0.493 e. The summed E-state index contributed by atoms with van der Waals surface area (Å²) in [5, 5.41) is 9.40. The molecule has 8 heteroatoms. The average molecular weight is 516 g/mol. The molecule has 0 fully saturated rings. The minimum atomic E-state index is -0.547. The molecular weight excluding hydrogens is 490 g/mol. The maximum Gasteiger partial charge on any atom is 0.249 e. The van der Waals surface area contributed by atoms with Crippen LogP contribution in [-0.4, -0.2) is 25.1 Å². The Morgan fingerprint density at radius 3 is 2.57 bits per heavy atom. The van der Waals surface area contributed by atoms with E-state index >= 15 is 0 Å². The number of ether oxygens (including phenoxy) is 2. The van der Waals surface area contributed by atoms with Crippen LogP contribution in [0.25, 0.3) is 10.8 Å². The van der Waals surface area contributed by atoms with Crippen LogP contribution >= 0.6 is 11.6 Å². The molecule has 0 aliphatic heterocycles. The number of amides is 2. The first kappa shape index (κ1) is 25.7. The Morgan fingerprint density at radius 1 is 0.946 bits per heavy atom. The first-order valence-corrected chi connectivity index (χ1v) is 12.0. The summed E-state index contributed by atoms with van der Waals surface area (Å²) in [4.78, 5) is 24.2. The third-order valence-corrected chi connectivity index (χ3v) is 6.04. The maximum atomic E-state index is 12.1. The first-order valence-electron chi connectivity index (χ1n) is 11.6. The lowest BCUT2D eigenvalue weighted by Crippen LogP contribution is -2.24. The Labute approximate surface area is 220 Å². The molecular formula is C29H26ClN3O4. The maximum absolute atomic E-state index is 12.1. The number of nitrogens with one attached hydrogen (secondary N) is 2. The van der Waals surface area contributed by atoms with E-state index < -0.39 is 11.8 Å². The van der Waals surface area contributed by atoms with Crippen molar-refractivity contribution in [3.05, 3.63) is 101 Å². The van der Waals surface area contributed by atoms with Crippen LogP contribution in [-0.2, 0) is 16.2 Å². The van der Waals surface area contributed by atoms with E-state index in [-0.39, 0.29) is 6.42 Å². The predicted octanol–water partition coefficient (Wildman–Crippen LogP) is 5.87. The number of carbonyl (C=O) groups is 2. The van der Waals surface area contributed by atoms with Crippen LogP contribution in [0.1, 0.15) is 23.1 Å². The van der Waals surface area contributed by atoms with Crippen molar-refractivity contribution in [2.24, 2.45) is 5.10 Å². The topological polar surface area (TPSA) is 89.0 Å². The van der Waals surface area contributed by atoms with Crippen LogP contribution in [0.4, 0.5) is 5.69 Å². The van der Waals surface area contributed by atoms with E-state index in [1.165, 1.54) is 6.21 Å². The van der Waals surface area contributed by atoms with Crippen molar-refractivity contribution < 1.29 is 19.1 Å². The SMILES string of the molecule is COc1cc(C=NNC(=O)CC(=O)Nc2ccc(C)c(Cl)c2)ccc1OCc1cccc2ccccc12. The van der Waals surface area contributed by atoms with Crippen LogP contribution in [0, 0.1) is 6.92 Å². The second-order valence-electron chi connectivity index (χ2n) is 8.32. The van der Waals surface area contributed by atoms with Crippen molar-refractivity contribution in [2.75, 3.05) is 12.4 Å². The van der Waals surface area contributed by atoms with E-state index in [1.54, 1.807) is 43.5 Å². The zero-order valence-electron chi connectivity index (χ0n) is 20.5. The van der Waals surface area contributed by atoms with Gasteiger partial charge in [-0.3, -0.25) is 9.59 Å². The van der Waals surface area contributed by atoms with Crippen LogP contribution in [0.2, 0.25) is 5.02 Å². The Hall–Kier alpha value is -4.36. The Kier molecular flexibility index (Phi) is 8.38. The number of hydrazone groups is 1. The second-order valence-corrected chi connectivity index (χ2v) is 8.73. The number of hydrogen-bond donors (Lipinski definition) is 2. The third-order valence-electron chi connectivity index (χ3n) is 5.63. The van der Waals surface area contributed by atoms with Crippen LogP contribution in [0.5, 0.6) is 11.5 Å². The molecule has 0 aliphatic carbocycles.